The minimum atomic E-state index is 0.804. The van der Waals surface area contributed by atoms with E-state index >= 15 is 0 Å². The van der Waals surface area contributed by atoms with Gasteiger partial charge in [0, 0.05) is 36.9 Å². The number of rotatable bonds is 4. The van der Waals surface area contributed by atoms with E-state index in [-0.39, 0.29) is 0 Å². The van der Waals surface area contributed by atoms with Crippen LogP contribution in [-0.4, -0.2) is 15.4 Å². The summed E-state index contributed by atoms with van der Waals surface area (Å²) >= 11 is 1.84. The lowest BCUT2D eigenvalue weighted by atomic mass is 9.83. The summed E-state index contributed by atoms with van der Waals surface area (Å²) < 4.78 is 2.55. The molecule has 7 aromatic rings. The van der Waals surface area contributed by atoms with Crippen LogP contribution in [0.4, 0.5) is 0 Å². The van der Waals surface area contributed by atoms with Gasteiger partial charge in [0.2, 0.25) is 0 Å². The van der Waals surface area contributed by atoms with Crippen LogP contribution in [0.3, 0.4) is 0 Å². The molecule has 2 aromatic heterocycles. The van der Waals surface area contributed by atoms with Crippen LogP contribution in [0.15, 0.2) is 128 Å². The molecule has 0 atom stereocenters. The standard InChI is InChI=1S/C33H21N3S/c1-3-10-22(11-4-1)24-15-9-16-26(28-20-21-34-36-35-28)31(24)33-25(23-12-5-2-6-13-23)18-19-30-32(33)27-14-7-8-17-29(27)37-30/h1-21H. The van der Waals surface area contributed by atoms with Crippen molar-refractivity contribution in [2.24, 2.45) is 0 Å². The Labute approximate surface area is 218 Å². The largest absolute Gasteiger partial charge is 0.139 e. The lowest BCUT2D eigenvalue weighted by Crippen LogP contribution is -1.96. The van der Waals surface area contributed by atoms with E-state index in [1.807, 2.05) is 17.4 Å². The molecule has 0 radical (unpaired) electrons. The number of hydrogen-bond acceptors (Lipinski definition) is 4. The third-order valence-electron chi connectivity index (χ3n) is 6.81. The summed E-state index contributed by atoms with van der Waals surface area (Å²) in [4.78, 5) is 0. The predicted molar refractivity (Wildman–Crippen MR) is 154 cm³/mol. The molecule has 2 heterocycles. The molecule has 174 valence electrons. The number of nitrogens with zero attached hydrogens (tertiary/aromatic N) is 3. The maximum atomic E-state index is 4.44. The van der Waals surface area contributed by atoms with E-state index in [2.05, 4.69) is 131 Å². The predicted octanol–water partition coefficient (Wildman–Crippen LogP) is 8.91. The molecular formula is C33H21N3S. The van der Waals surface area contributed by atoms with Crippen LogP contribution in [0.2, 0.25) is 0 Å². The molecule has 0 aliphatic rings. The van der Waals surface area contributed by atoms with Crippen molar-refractivity contribution in [2.45, 2.75) is 0 Å². The van der Waals surface area contributed by atoms with Crippen molar-refractivity contribution in [1.29, 1.82) is 0 Å². The van der Waals surface area contributed by atoms with Crippen LogP contribution in [-0.2, 0) is 0 Å². The summed E-state index contributed by atoms with van der Waals surface area (Å²) in [7, 11) is 0. The fourth-order valence-corrected chi connectivity index (χ4v) is 6.33. The van der Waals surface area contributed by atoms with Crippen LogP contribution in [0.25, 0.3) is 64.8 Å². The highest BCUT2D eigenvalue weighted by molar-refractivity contribution is 7.26. The van der Waals surface area contributed by atoms with Crippen molar-refractivity contribution in [1.82, 2.24) is 15.4 Å². The zero-order chi connectivity index (χ0) is 24.6. The van der Waals surface area contributed by atoms with Crippen LogP contribution in [0.5, 0.6) is 0 Å². The molecule has 3 nitrogen and oxygen atoms in total. The molecule has 5 aromatic carbocycles. The molecule has 0 saturated carbocycles. The Morgan fingerprint density at radius 3 is 1.89 bits per heavy atom. The van der Waals surface area contributed by atoms with Gasteiger partial charge in [0.15, 0.2) is 0 Å². The van der Waals surface area contributed by atoms with Crippen molar-refractivity contribution in [3.8, 4) is 44.6 Å². The van der Waals surface area contributed by atoms with Gasteiger partial charge in [-0.25, -0.2) is 0 Å². The lowest BCUT2D eigenvalue weighted by molar-refractivity contribution is 0.871. The zero-order valence-corrected chi connectivity index (χ0v) is 20.7. The van der Waals surface area contributed by atoms with E-state index < -0.39 is 0 Å². The average molecular weight is 492 g/mol. The van der Waals surface area contributed by atoms with Crippen LogP contribution in [0.1, 0.15) is 0 Å². The second-order valence-corrected chi connectivity index (χ2v) is 10.0. The molecule has 0 aliphatic carbocycles. The Hall–Kier alpha value is -4.67. The Balaban J connectivity index is 1.70. The van der Waals surface area contributed by atoms with Gasteiger partial charge in [0.1, 0.15) is 0 Å². The Kier molecular flexibility index (Phi) is 5.30. The minimum absolute atomic E-state index is 0.804. The van der Waals surface area contributed by atoms with Gasteiger partial charge in [-0.2, -0.15) is 0 Å². The SMILES string of the molecule is c1ccc(-c2cccc(-c3ccnnn3)c2-c2c(-c3ccccc3)ccc3sc4ccccc4c23)cc1. The summed E-state index contributed by atoms with van der Waals surface area (Å²) in [6.07, 6.45) is 1.71. The van der Waals surface area contributed by atoms with E-state index in [0.29, 0.717) is 0 Å². The highest BCUT2D eigenvalue weighted by Gasteiger charge is 2.22. The molecule has 7 rings (SSSR count). The van der Waals surface area contributed by atoms with Gasteiger partial charge in [0.05, 0.1) is 11.9 Å². The number of benzene rings is 5. The summed E-state index contributed by atoms with van der Waals surface area (Å²) in [6.45, 7) is 0. The Morgan fingerprint density at radius 1 is 0.486 bits per heavy atom. The van der Waals surface area contributed by atoms with Gasteiger partial charge in [-0.15, -0.1) is 21.5 Å². The first-order valence-electron chi connectivity index (χ1n) is 12.2. The monoisotopic (exact) mass is 491 g/mol. The van der Waals surface area contributed by atoms with Crippen molar-refractivity contribution in [2.75, 3.05) is 0 Å². The third-order valence-corrected chi connectivity index (χ3v) is 7.94. The Bertz CT molecular complexity index is 1800. The van der Waals surface area contributed by atoms with Crippen LogP contribution >= 0.6 is 11.3 Å². The molecule has 0 bridgehead atoms. The van der Waals surface area contributed by atoms with Crippen molar-refractivity contribution in [3.05, 3.63) is 128 Å². The average Bonchev–Trinajstić information content (AvgIpc) is 3.36. The van der Waals surface area contributed by atoms with Gasteiger partial charge in [-0.3, -0.25) is 0 Å². The van der Waals surface area contributed by atoms with Crippen LogP contribution in [0, 0.1) is 0 Å². The number of hydrogen-bond donors (Lipinski definition) is 0. The number of thiophene rings is 1. The van der Waals surface area contributed by atoms with E-state index in [4.69, 9.17) is 0 Å². The Morgan fingerprint density at radius 2 is 1.16 bits per heavy atom. The number of aromatic nitrogens is 3. The molecule has 0 saturated heterocycles. The van der Waals surface area contributed by atoms with E-state index in [0.717, 1.165) is 27.9 Å². The molecule has 0 fully saturated rings. The van der Waals surface area contributed by atoms with Gasteiger partial charge in [-0.05, 0) is 45.7 Å². The van der Waals surface area contributed by atoms with Crippen molar-refractivity contribution < 1.29 is 0 Å². The first-order chi connectivity index (χ1) is 18.4. The minimum Gasteiger partial charge on any atom is -0.139 e. The molecule has 37 heavy (non-hydrogen) atoms. The summed E-state index contributed by atoms with van der Waals surface area (Å²) in [5, 5.41) is 14.9. The lowest BCUT2D eigenvalue weighted by Gasteiger charge is -2.20. The fraction of sp³-hybridized carbons (Fsp3) is 0. The van der Waals surface area contributed by atoms with Crippen molar-refractivity contribution >= 4 is 31.5 Å². The zero-order valence-electron chi connectivity index (χ0n) is 19.9. The topological polar surface area (TPSA) is 38.7 Å². The molecule has 0 N–H and O–H groups in total. The quantitative estimate of drug-likeness (QED) is 0.247. The summed E-state index contributed by atoms with van der Waals surface area (Å²) in [5.74, 6) is 0. The highest BCUT2D eigenvalue weighted by atomic mass is 32.1. The first kappa shape index (κ1) is 21.6. The molecule has 0 amide bonds. The van der Waals surface area contributed by atoms with Gasteiger partial charge in [-0.1, -0.05) is 103 Å². The normalized spacial score (nSPS) is 11.2. The molecule has 0 aliphatic heterocycles. The summed E-state index contributed by atoms with van der Waals surface area (Å²) in [6, 6.07) is 42.9. The van der Waals surface area contributed by atoms with Gasteiger partial charge in [0.25, 0.3) is 0 Å². The fourth-order valence-electron chi connectivity index (χ4n) is 5.21. The first-order valence-corrected chi connectivity index (χ1v) is 13.0. The van der Waals surface area contributed by atoms with Crippen molar-refractivity contribution in [3.63, 3.8) is 0 Å². The van der Waals surface area contributed by atoms with E-state index in [1.54, 1.807) is 6.20 Å². The second-order valence-electron chi connectivity index (χ2n) is 8.93. The maximum absolute atomic E-state index is 4.44. The van der Waals surface area contributed by atoms with E-state index in [1.165, 1.54) is 36.9 Å². The molecule has 4 heteroatoms. The molecule has 0 spiro atoms. The van der Waals surface area contributed by atoms with E-state index in [9.17, 15) is 0 Å². The van der Waals surface area contributed by atoms with Crippen LogP contribution < -0.4 is 0 Å². The number of fused-ring (bicyclic) bond motifs is 3. The summed E-state index contributed by atoms with van der Waals surface area (Å²) in [5.41, 5.74) is 8.92. The maximum Gasteiger partial charge on any atom is 0.0969 e. The second kappa shape index (κ2) is 9.08. The highest BCUT2D eigenvalue weighted by Crippen LogP contribution is 2.50. The van der Waals surface area contributed by atoms with Gasteiger partial charge < -0.3 is 0 Å². The molecule has 0 unspecified atom stereocenters. The third kappa shape index (κ3) is 3.70. The van der Waals surface area contributed by atoms with Gasteiger partial charge >= 0.3 is 0 Å². The smallest absolute Gasteiger partial charge is 0.0969 e. The molecular weight excluding hydrogens is 470 g/mol.